The van der Waals surface area contributed by atoms with Crippen molar-refractivity contribution in [3.05, 3.63) is 47.5 Å². The third kappa shape index (κ3) is 4.32. The first-order valence-electron chi connectivity index (χ1n) is 9.57. The van der Waals surface area contributed by atoms with Gasteiger partial charge in [0.15, 0.2) is 10.6 Å². The summed E-state index contributed by atoms with van der Waals surface area (Å²) in [4.78, 5) is 16.5. The largest absolute Gasteiger partial charge is 0.477 e. The zero-order valence-corrected chi connectivity index (χ0v) is 17.3. The number of nitrogens with one attached hydrogen (secondary N) is 1. The molecule has 2 saturated carbocycles. The van der Waals surface area contributed by atoms with Gasteiger partial charge in [0, 0.05) is 12.8 Å². The summed E-state index contributed by atoms with van der Waals surface area (Å²) in [5.74, 6) is -2.94. The number of sulfonamides is 1. The summed E-state index contributed by atoms with van der Waals surface area (Å²) in [6.45, 7) is 1.75. The second-order valence-corrected chi connectivity index (χ2v) is 9.59. The Kier molecular flexibility index (Phi) is 4.91. The van der Waals surface area contributed by atoms with Crippen molar-refractivity contribution in [3.63, 3.8) is 0 Å². The minimum absolute atomic E-state index is 0.0271. The van der Waals surface area contributed by atoms with Gasteiger partial charge in [-0.05, 0) is 48.6 Å². The lowest BCUT2D eigenvalue weighted by atomic mass is 10.0. The van der Waals surface area contributed by atoms with E-state index in [4.69, 9.17) is 10.5 Å². The average molecular weight is 455 g/mol. The van der Waals surface area contributed by atoms with Crippen molar-refractivity contribution in [2.24, 2.45) is 5.92 Å². The number of nitrogens with zero attached hydrogens (tertiary/aromatic N) is 1. The predicted molar refractivity (Wildman–Crippen MR) is 105 cm³/mol. The number of pyridine rings is 1. The predicted octanol–water partition coefficient (Wildman–Crippen LogP) is 3.05. The van der Waals surface area contributed by atoms with Gasteiger partial charge in [0.2, 0.25) is 0 Å². The quantitative estimate of drug-likeness (QED) is 0.693. The normalized spacial score (nSPS) is 21.9. The molecule has 11 heteroatoms. The van der Waals surface area contributed by atoms with E-state index in [1.54, 1.807) is 25.1 Å². The molecule has 31 heavy (non-hydrogen) atoms. The number of rotatable bonds is 6. The van der Waals surface area contributed by atoms with Crippen LogP contribution in [0.1, 0.15) is 36.3 Å². The number of alkyl halides is 3. The first-order valence-corrected chi connectivity index (χ1v) is 11.1. The van der Waals surface area contributed by atoms with Crippen LogP contribution in [0.5, 0.6) is 5.75 Å². The van der Waals surface area contributed by atoms with Gasteiger partial charge in [-0.2, -0.15) is 21.6 Å². The molecule has 1 aromatic carbocycles. The first kappa shape index (κ1) is 21.4. The van der Waals surface area contributed by atoms with Crippen molar-refractivity contribution in [3.8, 4) is 5.75 Å². The molecule has 0 bridgehead atoms. The van der Waals surface area contributed by atoms with Gasteiger partial charge in [0.05, 0.1) is 5.92 Å². The molecule has 1 amide bonds. The molecule has 7 nitrogen and oxygen atoms in total. The Labute approximate surface area is 176 Å². The molecule has 2 fully saturated rings. The van der Waals surface area contributed by atoms with Crippen molar-refractivity contribution in [2.45, 2.75) is 48.9 Å². The third-order valence-electron chi connectivity index (χ3n) is 5.45. The van der Waals surface area contributed by atoms with E-state index < -0.39 is 44.6 Å². The molecule has 3 N–H and O–H groups in total. The lowest BCUT2D eigenvalue weighted by molar-refractivity contribution is -0.148. The first-order chi connectivity index (χ1) is 14.4. The highest BCUT2D eigenvalue weighted by molar-refractivity contribution is 7.90. The minimum atomic E-state index is -4.31. The van der Waals surface area contributed by atoms with Crippen molar-refractivity contribution >= 4 is 21.7 Å². The average Bonchev–Trinajstić information content (AvgIpc) is 3.56. The van der Waals surface area contributed by atoms with E-state index in [-0.39, 0.29) is 30.8 Å². The zero-order valence-electron chi connectivity index (χ0n) is 16.4. The van der Waals surface area contributed by atoms with Crippen LogP contribution in [-0.2, 0) is 14.8 Å². The molecule has 1 aromatic heterocycles. The lowest BCUT2D eigenvalue weighted by Crippen LogP contribution is -2.43. The van der Waals surface area contributed by atoms with Crippen molar-refractivity contribution in [2.75, 3.05) is 5.73 Å². The maximum absolute atomic E-state index is 13.1. The fourth-order valence-electron chi connectivity index (χ4n) is 3.48. The number of hydrogen-bond acceptors (Lipinski definition) is 6. The number of anilines is 1. The maximum atomic E-state index is 13.1. The fourth-order valence-corrected chi connectivity index (χ4v) is 4.50. The number of nitrogen functional groups attached to an aromatic ring is 1. The van der Waals surface area contributed by atoms with E-state index in [1.165, 1.54) is 18.2 Å². The van der Waals surface area contributed by atoms with E-state index in [2.05, 4.69) is 4.98 Å². The fraction of sp³-hybridized carbons (Fsp3) is 0.400. The highest BCUT2D eigenvalue weighted by atomic mass is 32.2. The third-order valence-corrected chi connectivity index (χ3v) is 6.68. The number of aryl methyl sites for hydroxylation is 1. The van der Waals surface area contributed by atoms with E-state index in [1.807, 2.05) is 4.72 Å². The smallest absolute Gasteiger partial charge is 0.392 e. The van der Waals surface area contributed by atoms with E-state index in [0.717, 1.165) is 5.56 Å². The number of aromatic nitrogens is 1. The molecule has 0 radical (unpaired) electrons. The van der Waals surface area contributed by atoms with Gasteiger partial charge in [-0.3, -0.25) is 4.79 Å². The van der Waals surface area contributed by atoms with Gasteiger partial charge < -0.3 is 10.5 Å². The van der Waals surface area contributed by atoms with Crippen molar-refractivity contribution in [1.29, 1.82) is 0 Å². The van der Waals surface area contributed by atoms with E-state index >= 15 is 0 Å². The molecule has 166 valence electrons. The van der Waals surface area contributed by atoms with Crippen LogP contribution in [0.25, 0.3) is 0 Å². The van der Waals surface area contributed by atoms with Gasteiger partial charge in [0.1, 0.15) is 11.6 Å². The van der Waals surface area contributed by atoms with Crippen LogP contribution >= 0.6 is 0 Å². The topological polar surface area (TPSA) is 111 Å². The van der Waals surface area contributed by atoms with Crippen LogP contribution in [0.4, 0.5) is 19.0 Å². The Hall–Kier alpha value is -2.82. The molecule has 2 aliphatic rings. The van der Waals surface area contributed by atoms with Gasteiger partial charge in [-0.15, -0.1) is 0 Å². The van der Waals surface area contributed by atoms with Gasteiger partial charge in [0.25, 0.3) is 15.9 Å². The van der Waals surface area contributed by atoms with Crippen LogP contribution in [0, 0.1) is 12.8 Å². The van der Waals surface area contributed by atoms with Crippen LogP contribution < -0.4 is 15.2 Å². The van der Waals surface area contributed by atoms with Crippen molar-refractivity contribution in [1.82, 2.24) is 9.71 Å². The second-order valence-electron chi connectivity index (χ2n) is 7.96. The number of benzene rings is 1. The summed E-state index contributed by atoms with van der Waals surface area (Å²) >= 11 is 0. The zero-order chi connectivity index (χ0) is 22.6. The van der Waals surface area contributed by atoms with Crippen LogP contribution in [0.3, 0.4) is 0 Å². The number of carbonyl (C=O) groups is 1. The maximum Gasteiger partial charge on any atom is 0.392 e. The SMILES string of the molecule is Cc1ccc(C2CC2C(F)(F)F)c(OC2(C(=O)NS(=O)(=O)c3cccc(N)n3)CC2)c1. The van der Waals surface area contributed by atoms with Gasteiger partial charge in [-0.25, -0.2) is 9.71 Å². The number of nitrogens with two attached hydrogens (primary N) is 1. The Morgan fingerprint density at radius 2 is 1.97 bits per heavy atom. The molecule has 2 unspecified atom stereocenters. The second kappa shape index (κ2) is 7.11. The van der Waals surface area contributed by atoms with Gasteiger partial charge in [-0.1, -0.05) is 18.2 Å². The number of halogens is 3. The summed E-state index contributed by atoms with van der Waals surface area (Å²) in [6.07, 6.45) is -3.88. The summed E-state index contributed by atoms with van der Waals surface area (Å²) in [6, 6.07) is 8.80. The number of amides is 1. The lowest BCUT2D eigenvalue weighted by Gasteiger charge is -2.20. The molecular weight excluding hydrogens is 435 g/mol. The highest BCUT2D eigenvalue weighted by Gasteiger charge is 2.58. The van der Waals surface area contributed by atoms with E-state index in [9.17, 15) is 26.4 Å². The Balaban J connectivity index is 1.55. The molecule has 4 rings (SSSR count). The van der Waals surface area contributed by atoms with Crippen LogP contribution in [-0.4, -0.2) is 31.1 Å². The number of ether oxygens (including phenoxy) is 1. The Bertz CT molecular complexity index is 1150. The number of hydrogen-bond donors (Lipinski definition) is 2. The molecule has 0 spiro atoms. The number of carbonyl (C=O) groups excluding carboxylic acids is 1. The van der Waals surface area contributed by atoms with Gasteiger partial charge >= 0.3 is 6.18 Å². The standard InChI is InChI=1S/C20H20F3N3O4S/c1-11-5-6-12(13-10-14(13)20(21,22)23)15(9-11)30-19(7-8-19)18(27)26-31(28,29)17-4-2-3-16(24)25-17/h2-6,9,13-14H,7-8,10H2,1H3,(H2,24,25)(H,26,27). The molecule has 1 heterocycles. The summed E-state index contributed by atoms with van der Waals surface area (Å²) in [7, 11) is -4.29. The van der Waals surface area contributed by atoms with Crippen LogP contribution in [0.2, 0.25) is 0 Å². The van der Waals surface area contributed by atoms with Crippen molar-refractivity contribution < 1.29 is 31.1 Å². The molecule has 2 aliphatic carbocycles. The summed E-state index contributed by atoms with van der Waals surface area (Å²) in [5, 5.41) is -0.418. The summed E-state index contributed by atoms with van der Waals surface area (Å²) < 4.78 is 71.9. The van der Waals surface area contributed by atoms with Crippen LogP contribution in [0.15, 0.2) is 41.4 Å². The minimum Gasteiger partial charge on any atom is -0.477 e. The molecule has 0 saturated heterocycles. The highest BCUT2D eigenvalue weighted by Crippen LogP contribution is 2.58. The monoisotopic (exact) mass is 455 g/mol. The Morgan fingerprint density at radius 3 is 2.55 bits per heavy atom. The van der Waals surface area contributed by atoms with E-state index in [0.29, 0.717) is 5.56 Å². The molecule has 2 aromatic rings. The molecule has 2 atom stereocenters. The summed E-state index contributed by atoms with van der Waals surface area (Å²) in [5.41, 5.74) is 5.15. The Morgan fingerprint density at radius 1 is 1.26 bits per heavy atom. The molecule has 0 aliphatic heterocycles. The molecular formula is C20H20F3N3O4S.